The molecule has 19 heavy (non-hydrogen) atoms. The summed E-state index contributed by atoms with van der Waals surface area (Å²) < 4.78 is 0. The predicted molar refractivity (Wildman–Crippen MR) is 78.5 cm³/mol. The lowest BCUT2D eigenvalue weighted by Crippen LogP contribution is -2.29. The number of anilines is 3. The Morgan fingerprint density at radius 1 is 1.05 bits per heavy atom. The van der Waals surface area contributed by atoms with Crippen LogP contribution in [0.5, 0.6) is 0 Å². The number of nitrogens with two attached hydrogens (primary N) is 1. The van der Waals surface area contributed by atoms with Crippen LogP contribution in [0.3, 0.4) is 0 Å². The van der Waals surface area contributed by atoms with E-state index in [9.17, 15) is 0 Å². The molecule has 6 nitrogen and oxygen atoms in total. The Morgan fingerprint density at radius 3 is 2.26 bits per heavy atom. The van der Waals surface area contributed by atoms with E-state index in [0.29, 0.717) is 5.95 Å². The van der Waals surface area contributed by atoms with Gasteiger partial charge in [0.05, 0.1) is 0 Å². The van der Waals surface area contributed by atoms with Crippen LogP contribution in [0.2, 0.25) is 0 Å². The first-order valence-corrected chi connectivity index (χ1v) is 7.26. The molecule has 0 spiro atoms. The Kier molecular flexibility index (Phi) is 4.76. The van der Waals surface area contributed by atoms with Crippen LogP contribution in [0.4, 0.5) is 17.8 Å². The predicted octanol–water partition coefficient (Wildman–Crippen LogP) is 1.68. The van der Waals surface area contributed by atoms with Gasteiger partial charge in [-0.05, 0) is 25.7 Å². The van der Waals surface area contributed by atoms with Crippen LogP contribution in [0, 0.1) is 0 Å². The SMILES string of the molecule is CCCN(CCC)c1nc(N)nc(N2CCCC2)n1. The third-order valence-corrected chi connectivity index (χ3v) is 3.29. The van der Waals surface area contributed by atoms with Gasteiger partial charge in [0, 0.05) is 26.2 Å². The molecule has 2 heterocycles. The van der Waals surface area contributed by atoms with Crippen molar-refractivity contribution < 1.29 is 0 Å². The van der Waals surface area contributed by atoms with Gasteiger partial charge in [-0.1, -0.05) is 13.8 Å². The second-order valence-corrected chi connectivity index (χ2v) is 4.97. The molecule has 6 heteroatoms. The van der Waals surface area contributed by atoms with Gasteiger partial charge in [0.1, 0.15) is 0 Å². The highest BCUT2D eigenvalue weighted by atomic mass is 15.4. The van der Waals surface area contributed by atoms with Crippen LogP contribution in [-0.2, 0) is 0 Å². The van der Waals surface area contributed by atoms with Crippen molar-refractivity contribution in [1.82, 2.24) is 15.0 Å². The lowest BCUT2D eigenvalue weighted by Gasteiger charge is -2.23. The quantitative estimate of drug-likeness (QED) is 0.843. The number of nitrogen functional groups attached to an aromatic ring is 1. The minimum absolute atomic E-state index is 0.323. The summed E-state index contributed by atoms with van der Waals surface area (Å²) in [6.45, 7) is 8.27. The topological polar surface area (TPSA) is 71.2 Å². The number of aromatic nitrogens is 3. The molecule has 0 amide bonds. The van der Waals surface area contributed by atoms with E-state index in [-0.39, 0.29) is 0 Å². The lowest BCUT2D eigenvalue weighted by molar-refractivity contribution is 0.715. The van der Waals surface area contributed by atoms with Crippen molar-refractivity contribution >= 4 is 17.8 Å². The largest absolute Gasteiger partial charge is 0.368 e. The van der Waals surface area contributed by atoms with E-state index >= 15 is 0 Å². The van der Waals surface area contributed by atoms with Crippen molar-refractivity contribution in [2.75, 3.05) is 41.7 Å². The maximum atomic E-state index is 5.84. The third-order valence-electron chi connectivity index (χ3n) is 3.29. The smallest absolute Gasteiger partial charge is 0.231 e. The van der Waals surface area contributed by atoms with E-state index in [2.05, 4.69) is 38.6 Å². The van der Waals surface area contributed by atoms with Crippen LogP contribution in [0.15, 0.2) is 0 Å². The van der Waals surface area contributed by atoms with Crippen molar-refractivity contribution in [3.8, 4) is 0 Å². The van der Waals surface area contributed by atoms with Crippen molar-refractivity contribution in [2.45, 2.75) is 39.5 Å². The third kappa shape index (κ3) is 3.45. The highest BCUT2D eigenvalue weighted by Gasteiger charge is 2.18. The molecule has 0 radical (unpaired) electrons. The normalized spacial score (nSPS) is 14.9. The molecule has 0 atom stereocenters. The molecule has 0 saturated carbocycles. The van der Waals surface area contributed by atoms with E-state index in [1.807, 2.05) is 0 Å². The van der Waals surface area contributed by atoms with Crippen molar-refractivity contribution in [3.63, 3.8) is 0 Å². The van der Waals surface area contributed by atoms with Gasteiger partial charge in [0.25, 0.3) is 0 Å². The number of hydrogen-bond donors (Lipinski definition) is 1. The van der Waals surface area contributed by atoms with E-state index < -0.39 is 0 Å². The van der Waals surface area contributed by atoms with Crippen molar-refractivity contribution in [3.05, 3.63) is 0 Å². The number of rotatable bonds is 6. The Balaban J connectivity index is 2.23. The maximum absolute atomic E-state index is 5.84. The summed E-state index contributed by atoms with van der Waals surface area (Å²) >= 11 is 0. The molecule has 2 N–H and O–H groups in total. The number of hydrogen-bond acceptors (Lipinski definition) is 6. The lowest BCUT2D eigenvalue weighted by atomic mass is 10.4. The van der Waals surface area contributed by atoms with Gasteiger partial charge in [-0.15, -0.1) is 0 Å². The summed E-state index contributed by atoms with van der Waals surface area (Å²) in [5.41, 5.74) is 5.84. The Hall–Kier alpha value is -1.59. The zero-order chi connectivity index (χ0) is 13.7. The van der Waals surface area contributed by atoms with E-state index in [0.717, 1.165) is 50.9 Å². The summed E-state index contributed by atoms with van der Waals surface area (Å²) in [4.78, 5) is 17.6. The van der Waals surface area contributed by atoms with Crippen LogP contribution in [0.1, 0.15) is 39.5 Å². The molecule has 1 aliphatic heterocycles. The van der Waals surface area contributed by atoms with Crippen molar-refractivity contribution in [2.24, 2.45) is 0 Å². The second-order valence-electron chi connectivity index (χ2n) is 4.97. The molecule has 2 rings (SSSR count). The fourth-order valence-electron chi connectivity index (χ4n) is 2.42. The first-order valence-electron chi connectivity index (χ1n) is 7.26. The fourth-order valence-corrected chi connectivity index (χ4v) is 2.42. The molecule has 1 saturated heterocycles. The minimum Gasteiger partial charge on any atom is -0.368 e. The monoisotopic (exact) mass is 264 g/mol. The molecule has 0 aromatic carbocycles. The average molecular weight is 264 g/mol. The van der Waals surface area contributed by atoms with Gasteiger partial charge < -0.3 is 15.5 Å². The molecule has 0 aliphatic carbocycles. The molecular weight excluding hydrogens is 240 g/mol. The van der Waals surface area contributed by atoms with E-state index in [1.54, 1.807) is 0 Å². The van der Waals surface area contributed by atoms with Gasteiger partial charge in [0.2, 0.25) is 17.8 Å². The Bertz CT molecular complexity index is 396. The van der Waals surface area contributed by atoms with Gasteiger partial charge in [-0.2, -0.15) is 15.0 Å². The molecule has 1 aromatic heterocycles. The van der Waals surface area contributed by atoms with Crippen LogP contribution in [0.25, 0.3) is 0 Å². The average Bonchev–Trinajstić information content (AvgIpc) is 2.91. The van der Waals surface area contributed by atoms with Gasteiger partial charge in [-0.3, -0.25) is 0 Å². The zero-order valence-corrected chi connectivity index (χ0v) is 12.0. The second kappa shape index (κ2) is 6.54. The Morgan fingerprint density at radius 2 is 1.68 bits per heavy atom. The highest BCUT2D eigenvalue weighted by Crippen LogP contribution is 2.19. The summed E-state index contributed by atoms with van der Waals surface area (Å²) in [5.74, 6) is 1.78. The van der Waals surface area contributed by atoms with E-state index in [4.69, 9.17) is 5.73 Å². The van der Waals surface area contributed by atoms with Crippen LogP contribution >= 0.6 is 0 Å². The Labute approximate surface area is 115 Å². The number of nitrogens with zero attached hydrogens (tertiary/aromatic N) is 5. The molecule has 1 aliphatic rings. The summed E-state index contributed by atoms with van der Waals surface area (Å²) in [6, 6.07) is 0. The van der Waals surface area contributed by atoms with Crippen molar-refractivity contribution in [1.29, 1.82) is 0 Å². The molecule has 0 bridgehead atoms. The van der Waals surface area contributed by atoms with Gasteiger partial charge in [-0.25, -0.2) is 0 Å². The minimum atomic E-state index is 0.323. The summed E-state index contributed by atoms with van der Waals surface area (Å²) in [5, 5.41) is 0. The standard InChI is InChI=1S/C13H24N6/c1-3-7-18(8-4-2)12-15-11(14)16-13(17-12)19-9-5-6-10-19/h3-10H2,1-2H3,(H2,14,15,16,17). The van der Waals surface area contributed by atoms with Gasteiger partial charge >= 0.3 is 0 Å². The molecule has 1 fully saturated rings. The zero-order valence-electron chi connectivity index (χ0n) is 12.0. The van der Waals surface area contributed by atoms with Crippen LogP contribution in [-0.4, -0.2) is 41.1 Å². The molecule has 106 valence electrons. The first-order chi connectivity index (χ1) is 9.24. The highest BCUT2D eigenvalue weighted by molar-refractivity contribution is 5.44. The van der Waals surface area contributed by atoms with E-state index in [1.165, 1.54) is 12.8 Å². The molecular formula is C13H24N6. The molecule has 0 unspecified atom stereocenters. The maximum Gasteiger partial charge on any atom is 0.231 e. The van der Waals surface area contributed by atoms with Gasteiger partial charge in [0.15, 0.2) is 0 Å². The fraction of sp³-hybridized carbons (Fsp3) is 0.769. The van der Waals surface area contributed by atoms with Crippen LogP contribution < -0.4 is 15.5 Å². The summed E-state index contributed by atoms with van der Waals surface area (Å²) in [7, 11) is 0. The first kappa shape index (κ1) is 13.8. The molecule has 1 aromatic rings. The summed E-state index contributed by atoms with van der Waals surface area (Å²) in [6.07, 6.45) is 4.55.